The molecule has 0 fully saturated rings. The number of hydrogen-bond acceptors (Lipinski definition) is 4. The van der Waals surface area contributed by atoms with E-state index in [0.29, 0.717) is 5.56 Å². The van der Waals surface area contributed by atoms with Gasteiger partial charge in [0.25, 0.3) is 0 Å². The lowest BCUT2D eigenvalue weighted by Gasteiger charge is -2.29. The third-order valence-electron chi connectivity index (χ3n) is 4.97. The van der Waals surface area contributed by atoms with E-state index < -0.39 is 10.0 Å². The molecule has 0 bridgehead atoms. The van der Waals surface area contributed by atoms with Crippen molar-refractivity contribution in [3.05, 3.63) is 64.1 Å². The number of carbonyl (C=O) groups is 1. The third kappa shape index (κ3) is 6.14. The summed E-state index contributed by atoms with van der Waals surface area (Å²) in [5.74, 6) is -0.139. The van der Waals surface area contributed by atoms with Crippen LogP contribution in [0.25, 0.3) is 0 Å². The second kappa shape index (κ2) is 11.0. The Labute approximate surface area is 188 Å². The molecule has 6 nitrogen and oxygen atoms in total. The molecule has 0 heterocycles. The monoisotopic (exact) mass is 495 g/mol. The molecule has 2 aromatic rings. The van der Waals surface area contributed by atoms with Gasteiger partial charge in [0.2, 0.25) is 15.9 Å². The molecular formula is C22H30BrN3O3S. The highest BCUT2D eigenvalue weighted by Crippen LogP contribution is 2.27. The number of nitrogens with zero attached hydrogens (tertiary/aromatic N) is 2. The summed E-state index contributed by atoms with van der Waals surface area (Å²) >= 11 is 3.59. The van der Waals surface area contributed by atoms with Crippen LogP contribution in [0.3, 0.4) is 0 Å². The van der Waals surface area contributed by atoms with E-state index in [1.165, 1.54) is 18.4 Å². The molecule has 1 atom stereocenters. The minimum absolute atomic E-state index is 0.0627. The molecule has 0 radical (unpaired) electrons. The SMILES string of the molecule is CCCN(CC(=O)NCc1ccccc1S(=O)(=O)N(C)C)C(C)c1ccccc1Br. The number of nitrogens with one attached hydrogen (secondary N) is 1. The fourth-order valence-electron chi connectivity index (χ4n) is 3.24. The molecule has 0 spiro atoms. The van der Waals surface area contributed by atoms with Crippen LogP contribution in [0.1, 0.15) is 37.4 Å². The first-order valence-electron chi connectivity index (χ1n) is 9.94. The van der Waals surface area contributed by atoms with Crippen LogP contribution in [0.15, 0.2) is 57.9 Å². The number of carbonyl (C=O) groups excluding carboxylic acids is 1. The number of sulfonamides is 1. The Balaban J connectivity index is 2.10. The Kier molecular flexibility index (Phi) is 9.03. The lowest BCUT2D eigenvalue weighted by atomic mass is 10.1. The lowest BCUT2D eigenvalue weighted by Crippen LogP contribution is -2.39. The van der Waals surface area contributed by atoms with Crippen LogP contribution in [-0.2, 0) is 21.4 Å². The van der Waals surface area contributed by atoms with E-state index in [-0.39, 0.29) is 29.9 Å². The van der Waals surface area contributed by atoms with Crippen LogP contribution in [0, 0.1) is 0 Å². The van der Waals surface area contributed by atoms with Crippen molar-refractivity contribution >= 4 is 31.9 Å². The van der Waals surface area contributed by atoms with Gasteiger partial charge in [0.15, 0.2) is 0 Å². The molecule has 1 N–H and O–H groups in total. The summed E-state index contributed by atoms with van der Waals surface area (Å²) in [4.78, 5) is 15.0. The first-order valence-corrected chi connectivity index (χ1v) is 12.2. The van der Waals surface area contributed by atoms with Gasteiger partial charge in [0.1, 0.15) is 0 Å². The van der Waals surface area contributed by atoms with Crippen LogP contribution in [0.2, 0.25) is 0 Å². The number of hydrogen-bond donors (Lipinski definition) is 1. The van der Waals surface area contributed by atoms with E-state index in [1.807, 2.05) is 18.2 Å². The van der Waals surface area contributed by atoms with Crippen molar-refractivity contribution in [1.82, 2.24) is 14.5 Å². The first kappa shape index (κ1) is 24.5. The van der Waals surface area contributed by atoms with Crippen molar-refractivity contribution in [2.45, 2.75) is 37.8 Å². The second-order valence-electron chi connectivity index (χ2n) is 7.34. The van der Waals surface area contributed by atoms with Gasteiger partial charge in [0, 0.05) is 31.2 Å². The highest BCUT2D eigenvalue weighted by atomic mass is 79.9. The largest absolute Gasteiger partial charge is 0.351 e. The summed E-state index contributed by atoms with van der Waals surface area (Å²) in [5.41, 5.74) is 1.70. The molecule has 30 heavy (non-hydrogen) atoms. The quantitative estimate of drug-likeness (QED) is 0.544. The Hall–Kier alpha value is -1.74. The van der Waals surface area contributed by atoms with E-state index in [0.717, 1.165) is 23.0 Å². The lowest BCUT2D eigenvalue weighted by molar-refractivity contribution is -0.123. The minimum Gasteiger partial charge on any atom is -0.351 e. The molecule has 0 aromatic heterocycles. The van der Waals surface area contributed by atoms with Gasteiger partial charge in [0.05, 0.1) is 11.4 Å². The van der Waals surface area contributed by atoms with Gasteiger partial charge < -0.3 is 5.32 Å². The average Bonchev–Trinajstić information content (AvgIpc) is 2.72. The Morgan fingerprint density at radius 3 is 2.37 bits per heavy atom. The van der Waals surface area contributed by atoms with Gasteiger partial charge in [-0.25, -0.2) is 12.7 Å². The predicted octanol–water partition coefficient (Wildman–Crippen LogP) is 3.79. The van der Waals surface area contributed by atoms with E-state index in [1.54, 1.807) is 24.3 Å². The zero-order valence-corrected chi connectivity index (χ0v) is 20.3. The van der Waals surface area contributed by atoms with Gasteiger partial charge >= 0.3 is 0 Å². The summed E-state index contributed by atoms with van der Waals surface area (Å²) in [6.45, 7) is 5.34. The molecular weight excluding hydrogens is 466 g/mol. The maximum atomic E-state index is 12.7. The van der Waals surface area contributed by atoms with Crippen LogP contribution < -0.4 is 5.32 Å². The molecule has 0 aliphatic rings. The highest BCUT2D eigenvalue weighted by Gasteiger charge is 2.22. The third-order valence-corrected chi connectivity index (χ3v) is 7.61. The topological polar surface area (TPSA) is 69.7 Å². The van der Waals surface area contributed by atoms with Crippen molar-refractivity contribution < 1.29 is 13.2 Å². The highest BCUT2D eigenvalue weighted by molar-refractivity contribution is 9.10. The molecule has 0 saturated carbocycles. The molecule has 8 heteroatoms. The number of amides is 1. The van der Waals surface area contributed by atoms with Crippen molar-refractivity contribution in [3.8, 4) is 0 Å². The molecule has 0 saturated heterocycles. The minimum atomic E-state index is -3.57. The first-order chi connectivity index (χ1) is 14.2. The summed E-state index contributed by atoms with van der Waals surface area (Å²) in [5, 5.41) is 2.88. The average molecular weight is 496 g/mol. The van der Waals surface area contributed by atoms with E-state index in [2.05, 4.69) is 46.1 Å². The Morgan fingerprint density at radius 1 is 1.10 bits per heavy atom. The molecule has 1 amide bonds. The maximum Gasteiger partial charge on any atom is 0.242 e. The number of rotatable bonds is 10. The van der Waals surface area contributed by atoms with Gasteiger partial charge in [-0.1, -0.05) is 59.3 Å². The Bertz CT molecular complexity index is 964. The van der Waals surface area contributed by atoms with Crippen molar-refractivity contribution in [2.24, 2.45) is 0 Å². The van der Waals surface area contributed by atoms with Gasteiger partial charge in [-0.05, 0) is 43.1 Å². The van der Waals surface area contributed by atoms with Crippen LogP contribution in [-0.4, -0.2) is 50.7 Å². The maximum absolute atomic E-state index is 12.7. The van der Waals surface area contributed by atoms with Crippen LogP contribution in [0.5, 0.6) is 0 Å². The summed E-state index contributed by atoms with van der Waals surface area (Å²) < 4.78 is 27.3. The molecule has 1 unspecified atom stereocenters. The predicted molar refractivity (Wildman–Crippen MR) is 124 cm³/mol. The summed E-state index contributed by atoms with van der Waals surface area (Å²) in [6, 6.07) is 14.8. The van der Waals surface area contributed by atoms with E-state index in [4.69, 9.17) is 0 Å². The van der Waals surface area contributed by atoms with Gasteiger partial charge in [-0.2, -0.15) is 0 Å². The fourth-order valence-corrected chi connectivity index (χ4v) is 4.97. The van der Waals surface area contributed by atoms with Crippen molar-refractivity contribution in [3.63, 3.8) is 0 Å². The van der Waals surface area contributed by atoms with Gasteiger partial charge in [-0.15, -0.1) is 0 Å². The molecule has 164 valence electrons. The van der Waals surface area contributed by atoms with Crippen molar-refractivity contribution in [2.75, 3.05) is 27.2 Å². The van der Waals surface area contributed by atoms with Crippen molar-refractivity contribution in [1.29, 1.82) is 0 Å². The Morgan fingerprint density at radius 2 is 1.73 bits per heavy atom. The summed E-state index contributed by atoms with van der Waals surface area (Å²) in [7, 11) is -0.582. The summed E-state index contributed by atoms with van der Waals surface area (Å²) in [6.07, 6.45) is 0.923. The standard InChI is InChI=1S/C22H30BrN3O3S/c1-5-14-26(17(2)19-11-7-8-12-20(19)23)16-22(27)24-15-18-10-6-9-13-21(18)30(28,29)25(3)4/h6-13,17H,5,14-16H2,1-4H3,(H,24,27). The van der Waals surface area contributed by atoms with E-state index in [9.17, 15) is 13.2 Å². The zero-order valence-electron chi connectivity index (χ0n) is 17.9. The van der Waals surface area contributed by atoms with E-state index >= 15 is 0 Å². The van der Waals surface area contributed by atoms with Crippen LogP contribution >= 0.6 is 15.9 Å². The number of halogens is 1. The van der Waals surface area contributed by atoms with Gasteiger partial charge in [-0.3, -0.25) is 9.69 Å². The normalized spacial score (nSPS) is 12.9. The fraction of sp³-hybridized carbons (Fsp3) is 0.409. The molecule has 0 aliphatic heterocycles. The molecule has 2 aromatic carbocycles. The zero-order chi connectivity index (χ0) is 22.3. The molecule has 0 aliphatic carbocycles. The molecule has 2 rings (SSSR count). The second-order valence-corrected chi connectivity index (χ2v) is 10.3. The smallest absolute Gasteiger partial charge is 0.242 e. The van der Waals surface area contributed by atoms with Crippen LogP contribution in [0.4, 0.5) is 0 Å². The number of benzene rings is 2.